The number of hydrogen-bond acceptors (Lipinski definition) is 13. The fraction of sp³-hybridized carbons (Fsp3) is 0.188. The first kappa shape index (κ1) is 35.2. The van der Waals surface area contributed by atoms with Gasteiger partial charge in [0, 0.05) is 41.3 Å². The zero-order valence-electron chi connectivity index (χ0n) is 24.5. The number of phenolic OH excluding ortho intramolecular Hbond substituents is 1. The van der Waals surface area contributed by atoms with E-state index in [-0.39, 0.29) is 77.1 Å². The summed E-state index contributed by atoms with van der Waals surface area (Å²) in [5.41, 5.74) is -0.492. The number of esters is 6. The molecule has 45 heavy (non-hydrogen) atoms. The van der Waals surface area contributed by atoms with Crippen LogP contribution in [0.1, 0.15) is 40.1 Å². The summed E-state index contributed by atoms with van der Waals surface area (Å²) >= 11 is 0. The van der Waals surface area contributed by atoms with E-state index in [0.717, 1.165) is 36.4 Å². The Kier molecular flexibility index (Phi) is 13.0. The molecule has 0 unspecified atom stereocenters. The molecular formula is C32H30O13. The van der Waals surface area contributed by atoms with Crippen LogP contribution in [0.15, 0.2) is 79.9 Å². The number of phenols is 1. The van der Waals surface area contributed by atoms with E-state index in [1.807, 2.05) is 0 Å². The fourth-order valence-corrected chi connectivity index (χ4v) is 3.23. The average molecular weight is 623 g/mol. The Labute approximate surface area is 257 Å². The van der Waals surface area contributed by atoms with Crippen LogP contribution in [-0.4, -0.2) is 60.7 Å². The van der Waals surface area contributed by atoms with Crippen LogP contribution in [0.25, 0.3) is 0 Å². The first-order valence-electron chi connectivity index (χ1n) is 13.0. The highest BCUT2D eigenvalue weighted by Gasteiger charge is 2.25. The molecule has 2 aromatic rings. The van der Waals surface area contributed by atoms with Crippen LogP contribution in [0.2, 0.25) is 0 Å². The summed E-state index contributed by atoms with van der Waals surface area (Å²) < 4.78 is 30.7. The van der Waals surface area contributed by atoms with Gasteiger partial charge in [0.1, 0.15) is 41.6 Å². The number of rotatable bonds is 15. The summed E-state index contributed by atoms with van der Waals surface area (Å²) in [6.45, 7) is 15.5. The number of ether oxygens (including phenoxy) is 6. The predicted octanol–water partition coefficient (Wildman–Crippen LogP) is 3.73. The Morgan fingerprint density at radius 2 is 1.33 bits per heavy atom. The van der Waals surface area contributed by atoms with E-state index in [4.69, 9.17) is 28.4 Å². The highest BCUT2D eigenvalue weighted by atomic mass is 16.6. The van der Waals surface area contributed by atoms with Crippen LogP contribution in [0.5, 0.6) is 23.0 Å². The first-order chi connectivity index (χ1) is 21.3. The highest BCUT2D eigenvalue weighted by Crippen LogP contribution is 2.34. The van der Waals surface area contributed by atoms with Crippen molar-refractivity contribution in [3.05, 3.63) is 96.6 Å². The van der Waals surface area contributed by atoms with Crippen molar-refractivity contribution in [2.24, 2.45) is 0 Å². The second-order valence-corrected chi connectivity index (χ2v) is 8.96. The van der Waals surface area contributed by atoms with Gasteiger partial charge in [0.15, 0.2) is 5.75 Å². The van der Waals surface area contributed by atoms with E-state index >= 15 is 0 Å². The van der Waals surface area contributed by atoms with Crippen LogP contribution in [-0.2, 0) is 39.8 Å². The number of carbonyl (C=O) groups is 6. The molecule has 1 N–H and O–H groups in total. The van der Waals surface area contributed by atoms with Gasteiger partial charge in [-0.2, -0.15) is 0 Å². The van der Waals surface area contributed by atoms with Crippen LogP contribution in [0.4, 0.5) is 0 Å². The molecule has 13 heteroatoms. The molecule has 0 saturated carbocycles. The minimum absolute atomic E-state index is 0.0210. The number of benzene rings is 2. The summed E-state index contributed by atoms with van der Waals surface area (Å²) in [4.78, 5) is 73.2. The molecular weight excluding hydrogens is 592 g/mol. The first-order valence-corrected chi connectivity index (χ1v) is 13.0. The van der Waals surface area contributed by atoms with Gasteiger partial charge in [0.05, 0.1) is 6.61 Å². The Bertz CT molecular complexity index is 1560. The lowest BCUT2D eigenvalue weighted by Gasteiger charge is -2.16. The van der Waals surface area contributed by atoms with Crippen molar-refractivity contribution in [2.45, 2.75) is 20.3 Å². The lowest BCUT2D eigenvalue weighted by atomic mass is 10.0. The quantitative estimate of drug-likeness (QED) is 0.1000. The van der Waals surface area contributed by atoms with Crippen LogP contribution < -0.4 is 14.2 Å². The van der Waals surface area contributed by atoms with E-state index < -0.39 is 35.8 Å². The van der Waals surface area contributed by atoms with E-state index in [0.29, 0.717) is 0 Å². The molecule has 0 fully saturated rings. The molecule has 0 heterocycles. The molecule has 0 aromatic heterocycles. The molecule has 0 atom stereocenters. The van der Waals surface area contributed by atoms with Gasteiger partial charge in [-0.1, -0.05) is 26.3 Å². The van der Waals surface area contributed by atoms with Crippen LogP contribution in [0.3, 0.4) is 0 Å². The zero-order valence-corrected chi connectivity index (χ0v) is 24.5. The molecule has 0 saturated heterocycles. The van der Waals surface area contributed by atoms with E-state index in [1.54, 1.807) is 0 Å². The van der Waals surface area contributed by atoms with Gasteiger partial charge in [0.2, 0.25) is 0 Å². The van der Waals surface area contributed by atoms with Gasteiger partial charge in [-0.05, 0) is 38.1 Å². The third kappa shape index (κ3) is 10.4. The molecule has 0 radical (unpaired) electrons. The van der Waals surface area contributed by atoms with Crippen molar-refractivity contribution in [1.29, 1.82) is 0 Å². The number of hydrogen-bond donors (Lipinski definition) is 1. The van der Waals surface area contributed by atoms with Gasteiger partial charge in [-0.25, -0.2) is 28.8 Å². The molecule has 0 bridgehead atoms. The number of carbonyl (C=O) groups excluding carboxylic acids is 6. The Balaban J connectivity index is 2.41. The largest absolute Gasteiger partial charge is 0.508 e. The van der Waals surface area contributed by atoms with Gasteiger partial charge in [-0.3, -0.25) is 0 Å². The standard InChI is InChI=1S/C32H30O13/c1-7-26(34)40-15-16-42-31(38)22-10-9-20(17-25(22)44-27(35)8-2)43-32(39)23-11-12-24(33)21(13-14-41-29(36)18(3)4)28(23)45-30(37)19(5)6/h7-12,17,33H,1-3,5,13-16H2,4,6H3. The van der Waals surface area contributed by atoms with Gasteiger partial charge in [-0.15, -0.1) is 0 Å². The second-order valence-electron chi connectivity index (χ2n) is 8.96. The average Bonchev–Trinajstić information content (AvgIpc) is 3.00. The molecule has 0 aliphatic heterocycles. The summed E-state index contributed by atoms with van der Waals surface area (Å²) in [6, 6.07) is 5.66. The van der Waals surface area contributed by atoms with E-state index in [1.165, 1.54) is 19.9 Å². The highest BCUT2D eigenvalue weighted by molar-refractivity contribution is 5.98. The SMILES string of the molecule is C=CC(=O)OCCOC(=O)c1ccc(OC(=O)c2ccc(O)c(CCOC(=O)C(=C)C)c2OC(=O)C(=C)C)cc1OC(=O)C=C. The van der Waals surface area contributed by atoms with Gasteiger partial charge >= 0.3 is 35.8 Å². The monoisotopic (exact) mass is 622 g/mol. The minimum Gasteiger partial charge on any atom is -0.508 e. The topological polar surface area (TPSA) is 178 Å². The molecule has 0 amide bonds. The summed E-state index contributed by atoms with van der Waals surface area (Å²) in [7, 11) is 0. The summed E-state index contributed by atoms with van der Waals surface area (Å²) in [5.74, 6) is -6.66. The summed E-state index contributed by atoms with van der Waals surface area (Å²) in [6.07, 6.45) is 1.59. The summed E-state index contributed by atoms with van der Waals surface area (Å²) in [5, 5.41) is 10.5. The predicted molar refractivity (Wildman–Crippen MR) is 157 cm³/mol. The Hall–Kier alpha value is -5.98. The Morgan fingerprint density at radius 1 is 0.711 bits per heavy atom. The Morgan fingerprint density at radius 3 is 1.96 bits per heavy atom. The lowest BCUT2D eigenvalue weighted by Crippen LogP contribution is -2.18. The van der Waals surface area contributed by atoms with Crippen LogP contribution in [0, 0.1) is 0 Å². The third-order valence-electron chi connectivity index (χ3n) is 5.42. The minimum atomic E-state index is -1.08. The zero-order chi connectivity index (χ0) is 33.7. The van der Waals surface area contributed by atoms with Crippen molar-refractivity contribution in [3.63, 3.8) is 0 Å². The van der Waals surface area contributed by atoms with Crippen molar-refractivity contribution >= 4 is 35.8 Å². The van der Waals surface area contributed by atoms with Crippen LogP contribution >= 0.6 is 0 Å². The molecule has 236 valence electrons. The molecule has 2 aromatic carbocycles. The maximum atomic E-state index is 13.3. The molecule has 0 aliphatic rings. The van der Waals surface area contributed by atoms with Crippen molar-refractivity contribution in [3.8, 4) is 23.0 Å². The van der Waals surface area contributed by atoms with Gasteiger partial charge in [0.25, 0.3) is 0 Å². The van der Waals surface area contributed by atoms with Crippen molar-refractivity contribution < 1.29 is 62.3 Å². The maximum Gasteiger partial charge on any atom is 0.347 e. The molecule has 13 nitrogen and oxygen atoms in total. The third-order valence-corrected chi connectivity index (χ3v) is 5.42. The molecule has 0 aliphatic carbocycles. The second kappa shape index (κ2) is 16.6. The number of aromatic hydroxyl groups is 1. The maximum absolute atomic E-state index is 13.3. The van der Waals surface area contributed by atoms with Gasteiger partial charge < -0.3 is 33.5 Å². The lowest BCUT2D eigenvalue weighted by molar-refractivity contribution is -0.139. The van der Waals surface area contributed by atoms with Crippen molar-refractivity contribution in [2.75, 3.05) is 19.8 Å². The molecule has 0 spiro atoms. The normalized spacial score (nSPS) is 10.0. The fourth-order valence-electron chi connectivity index (χ4n) is 3.23. The van der Waals surface area contributed by atoms with E-state index in [2.05, 4.69) is 26.3 Å². The van der Waals surface area contributed by atoms with E-state index in [9.17, 15) is 33.9 Å². The molecule has 2 rings (SSSR count). The smallest absolute Gasteiger partial charge is 0.347 e. The van der Waals surface area contributed by atoms with Crippen molar-refractivity contribution in [1.82, 2.24) is 0 Å².